The number of carbonyl (C=O) groups excluding carboxylic acids is 1. The van der Waals surface area contributed by atoms with Crippen LogP contribution in [0.4, 0.5) is 16.2 Å². The van der Waals surface area contributed by atoms with E-state index in [1.54, 1.807) is 36.4 Å². The number of methoxy groups -OCH3 is 1. The van der Waals surface area contributed by atoms with Gasteiger partial charge in [0.2, 0.25) is 0 Å². The van der Waals surface area contributed by atoms with Crippen molar-refractivity contribution in [1.29, 1.82) is 0 Å². The number of rotatable bonds is 4. The SMILES string of the molecule is COc1cccc(NC(=O)N[C@@H]2C[C@@H](C(=O)O)Nc3cc(Cl)cc(Cl)c32)c1. The zero-order valence-electron chi connectivity index (χ0n) is 14.3. The second-order valence-corrected chi connectivity index (χ2v) is 6.85. The molecule has 9 heteroatoms. The normalized spacial score (nSPS) is 18.0. The molecule has 3 rings (SSSR count). The molecule has 2 amide bonds. The zero-order valence-corrected chi connectivity index (χ0v) is 15.8. The van der Waals surface area contributed by atoms with E-state index < -0.39 is 24.1 Å². The first kappa shape index (κ1) is 19.1. The van der Waals surface area contributed by atoms with Gasteiger partial charge in [-0.1, -0.05) is 29.3 Å². The van der Waals surface area contributed by atoms with Gasteiger partial charge in [0.15, 0.2) is 0 Å². The van der Waals surface area contributed by atoms with Crippen LogP contribution in [0.2, 0.25) is 10.0 Å². The van der Waals surface area contributed by atoms with Gasteiger partial charge in [-0.05, 0) is 24.3 Å². The van der Waals surface area contributed by atoms with Crippen LogP contribution in [0.1, 0.15) is 18.0 Å². The topological polar surface area (TPSA) is 99.7 Å². The number of aliphatic carboxylic acids is 1. The van der Waals surface area contributed by atoms with E-state index >= 15 is 0 Å². The first-order chi connectivity index (χ1) is 12.9. The number of nitrogens with one attached hydrogen (secondary N) is 3. The fraction of sp³-hybridized carbons (Fsp3) is 0.222. The van der Waals surface area contributed by atoms with Crippen molar-refractivity contribution in [3.05, 3.63) is 52.0 Å². The van der Waals surface area contributed by atoms with Gasteiger partial charge in [-0.25, -0.2) is 9.59 Å². The molecule has 7 nitrogen and oxygen atoms in total. The van der Waals surface area contributed by atoms with Crippen LogP contribution in [0.15, 0.2) is 36.4 Å². The molecule has 0 radical (unpaired) electrons. The lowest BCUT2D eigenvalue weighted by molar-refractivity contribution is -0.138. The van der Waals surface area contributed by atoms with Gasteiger partial charge in [-0.3, -0.25) is 0 Å². The van der Waals surface area contributed by atoms with Crippen LogP contribution in [0.5, 0.6) is 5.75 Å². The molecule has 142 valence electrons. The lowest BCUT2D eigenvalue weighted by Crippen LogP contribution is -2.42. The summed E-state index contributed by atoms with van der Waals surface area (Å²) in [5.41, 5.74) is 1.62. The predicted molar refractivity (Wildman–Crippen MR) is 104 cm³/mol. The molecule has 27 heavy (non-hydrogen) atoms. The zero-order chi connectivity index (χ0) is 19.6. The molecule has 0 aromatic heterocycles. The molecule has 0 saturated heterocycles. The maximum absolute atomic E-state index is 12.4. The van der Waals surface area contributed by atoms with Crippen molar-refractivity contribution in [3.63, 3.8) is 0 Å². The number of hydrogen-bond acceptors (Lipinski definition) is 4. The third kappa shape index (κ3) is 4.37. The number of benzene rings is 2. The molecule has 1 aliphatic rings. The molecule has 0 unspecified atom stereocenters. The number of hydrogen-bond donors (Lipinski definition) is 4. The van der Waals surface area contributed by atoms with E-state index in [9.17, 15) is 14.7 Å². The summed E-state index contributed by atoms with van der Waals surface area (Å²) in [5.74, 6) is -0.430. The highest BCUT2D eigenvalue weighted by atomic mass is 35.5. The van der Waals surface area contributed by atoms with Gasteiger partial charge in [0.1, 0.15) is 11.8 Å². The Morgan fingerprint density at radius 2 is 2.04 bits per heavy atom. The summed E-state index contributed by atoms with van der Waals surface area (Å²) in [6.07, 6.45) is 0.134. The first-order valence-corrected chi connectivity index (χ1v) is 8.83. The van der Waals surface area contributed by atoms with Crippen molar-refractivity contribution in [2.24, 2.45) is 0 Å². The average Bonchev–Trinajstić information content (AvgIpc) is 2.60. The quantitative estimate of drug-likeness (QED) is 0.608. The van der Waals surface area contributed by atoms with Gasteiger partial charge in [0.25, 0.3) is 0 Å². The molecular weight excluding hydrogens is 393 g/mol. The number of amides is 2. The highest BCUT2D eigenvalue weighted by Gasteiger charge is 2.33. The maximum Gasteiger partial charge on any atom is 0.326 e. The maximum atomic E-state index is 12.4. The number of fused-ring (bicyclic) bond motifs is 1. The van der Waals surface area contributed by atoms with E-state index in [0.717, 1.165) is 0 Å². The molecule has 0 spiro atoms. The van der Waals surface area contributed by atoms with Crippen molar-refractivity contribution in [2.45, 2.75) is 18.5 Å². The molecular formula is C18H17Cl2N3O4. The van der Waals surface area contributed by atoms with E-state index in [1.165, 1.54) is 7.11 Å². The van der Waals surface area contributed by atoms with E-state index in [4.69, 9.17) is 27.9 Å². The van der Waals surface area contributed by atoms with E-state index in [-0.39, 0.29) is 6.42 Å². The van der Waals surface area contributed by atoms with Gasteiger partial charge >= 0.3 is 12.0 Å². The number of anilines is 2. The van der Waals surface area contributed by atoms with Crippen molar-refractivity contribution in [1.82, 2.24) is 5.32 Å². The molecule has 4 N–H and O–H groups in total. The number of carboxylic acids is 1. The summed E-state index contributed by atoms with van der Waals surface area (Å²) in [6.45, 7) is 0. The Labute approximate surface area is 165 Å². The van der Waals surface area contributed by atoms with Gasteiger partial charge in [-0.2, -0.15) is 0 Å². The van der Waals surface area contributed by atoms with Gasteiger partial charge in [0, 0.05) is 39.5 Å². The lowest BCUT2D eigenvalue weighted by atomic mass is 9.93. The standard InChI is InChI=1S/C18H17Cl2N3O4/c1-27-11-4-2-3-10(7-11)21-18(26)23-14-8-15(17(24)25)22-13-6-9(19)5-12(20)16(13)14/h2-7,14-15,22H,8H2,1H3,(H,24,25)(H2,21,23,26)/t14-,15+/m1/s1. The minimum Gasteiger partial charge on any atom is -0.497 e. The summed E-state index contributed by atoms with van der Waals surface area (Å²) >= 11 is 12.3. The van der Waals surface area contributed by atoms with Crippen LogP contribution in [0, 0.1) is 0 Å². The monoisotopic (exact) mass is 409 g/mol. The van der Waals surface area contributed by atoms with Crippen LogP contribution in [-0.4, -0.2) is 30.3 Å². The Balaban J connectivity index is 1.82. The predicted octanol–water partition coefficient (Wildman–Crippen LogP) is 4.13. The molecule has 0 aliphatic carbocycles. The van der Waals surface area contributed by atoms with Crippen LogP contribution >= 0.6 is 23.2 Å². The van der Waals surface area contributed by atoms with Crippen LogP contribution in [-0.2, 0) is 4.79 Å². The molecule has 0 saturated carbocycles. The minimum atomic E-state index is -1.03. The van der Waals surface area contributed by atoms with E-state index in [1.807, 2.05) is 0 Å². The van der Waals surface area contributed by atoms with Gasteiger partial charge in [0.05, 0.1) is 13.2 Å². The molecule has 1 aliphatic heterocycles. The van der Waals surface area contributed by atoms with Gasteiger partial charge in [-0.15, -0.1) is 0 Å². The minimum absolute atomic E-state index is 0.134. The Morgan fingerprint density at radius 1 is 1.26 bits per heavy atom. The number of ether oxygens (including phenoxy) is 1. The third-order valence-electron chi connectivity index (χ3n) is 4.17. The Kier molecular flexibility index (Phi) is 5.62. The third-order valence-corrected chi connectivity index (χ3v) is 4.71. The molecule has 0 bridgehead atoms. The fourth-order valence-corrected chi connectivity index (χ4v) is 3.60. The van der Waals surface area contributed by atoms with Crippen molar-refractivity contribution < 1.29 is 19.4 Å². The molecule has 2 aromatic carbocycles. The Morgan fingerprint density at radius 3 is 2.74 bits per heavy atom. The van der Waals surface area contributed by atoms with Crippen molar-refractivity contribution >= 4 is 46.6 Å². The number of urea groups is 1. The Hall–Kier alpha value is -2.64. The summed E-state index contributed by atoms with van der Waals surface area (Å²) in [7, 11) is 1.53. The summed E-state index contributed by atoms with van der Waals surface area (Å²) < 4.78 is 5.13. The molecule has 2 aromatic rings. The fourth-order valence-electron chi connectivity index (χ4n) is 2.98. The molecule has 1 heterocycles. The van der Waals surface area contributed by atoms with Crippen LogP contribution in [0.3, 0.4) is 0 Å². The van der Waals surface area contributed by atoms with E-state index in [0.29, 0.717) is 32.7 Å². The Bertz CT molecular complexity index is 891. The highest BCUT2D eigenvalue weighted by Crippen LogP contribution is 2.39. The largest absolute Gasteiger partial charge is 0.497 e. The van der Waals surface area contributed by atoms with Crippen molar-refractivity contribution in [2.75, 3.05) is 17.7 Å². The smallest absolute Gasteiger partial charge is 0.326 e. The van der Waals surface area contributed by atoms with E-state index in [2.05, 4.69) is 16.0 Å². The first-order valence-electron chi connectivity index (χ1n) is 8.07. The second kappa shape index (κ2) is 7.94. The lowest BCUT2D eigenvalue weighted by Gasteiger charge is -2.32. The van der Waals surface area contributed by atoms with Crippen LogP contribution in [0.25, 0.3) is 0 Å². The second-order valence-electron chi connectivity index (χ2n) is 6.00. The summed E-state index contributed by atoms with van der Waals surface area (Å²) in [6, 6.07) is 8.06. The molecule has 2 atom stereocenters. The number of halogens is 2. The number of carboxylic acid groups (broad SMARTS) is 1. The highest BCUT2D eigenvalue weighted by molar-refractivity contribution is 6.35. The summed E-state index contributed by atoms with van der Waals surface area (Å²) in [5, 5.41) is 18.5. The number of carbonyl (C=O) groups is 2. The van der Waals surface area contributed by atoms with Gasteiger partial charge < -0.3 is 25.8 Å². The summed E-state index contributed by atoms with van der Waals surface area (Å²) in [4.78, 5) is 23.9. The van der Waals surface area contributed by atoms with Crippen LogP contribution < -0.4 is 20.7 Å². The average molecular weight is 410 g/mol. The molecule has 0 fully saturated rings. The van der Waals surface area contributed by atoms with Crippen molar-refractivity contribution in [3.8, 4) is 5.75 Å².